The first-order valence-electron chi connectivity index (χ1n) is 19.9. The molecule has 0 amide bonds. The molecule has 2 aromatic heterocycles. The Morgan fingerprint density at radius 3 is 1.66 bits per heavy atom. The smallest absolute Gasteiger partial charge is 0.256 e. The fourth-order valence-corrected chi connectivity index (χ4v) is 12.9. The van der Waals surface area contributed by atoms with E-state index in [0.29, 0.717) is 11.8 Å². The Morgan fingerprint density at radius 2 is 1.19 bits per heavy atom. The average Bonchev–Trinajstić information content (AvgIpc) is 3.23. The van der Waals surface area contributed by atoms with Gasteiger partial charge in [-0.3, -0.25) is 9.98 Å². The molecule has 4 aliphatic rings. The lowest BCUT2D eigenvalue weighted by Gasteiger charge is -2.49. The second kappa shape index (κ2) is 16.4. The summed E-state index contributed by atoms with van der Waals surface area (Å²) in [5.41, 5.74) is 9.24. The number of amidine groups is 2. The molecule has 2 aromatic carbocycles. The summed E-state index contributed by atoms with van der Waals surface area (Å²) in [7, 11) is -7.74. The second-order valence-electron chi connectivity index (χ2n) is 17.0. The van der Waals surface area contributed by atoms with E-state index < -0.39 is 86.0 Å². The Hall–Kier alpha value is -5.69. The highest BCUT2D eigenvalue weighted by molar-refractivity contribution is 7.94. The molecule has 0 saturated carbocycles. The number of benzene rings is 2. The summed E-state index contributed by atoms with van der Waals surface area (Å²) in [6.45, 7) is 16.2. The molecule has 21 heteroatoms. The zero-order chi connectivity index (χ0) is 46.8. The van der Waals surface area contributed by atoms with Gasteiger partial charge in [0.15, 0.2) is 31.2 Å². The predicted molar refractivity (Wildman–Crippen MR) is 228 cm³/mol. The maximum atomic E-state index is 15.2. The molecule has 0 spiro atoms. The van der Waals surface area contributed by atoms with Crippen molar-refractivity contribution in [2.45, 2.75) is 97.7 Å². The molecular weight excluding hydrogens is 883 g/mol. The van der Waals surface area contributed by atoms with Crippen molar-refractivity contribution in [1.82, 2.24) is 9.97 Å². The van der Waals surface area contributed by atoms with E-state index in [2.05, 4.69) is 24.8 Å². The third-order valence-corrected chi connectivity index (χ3v) is 18.2. The number of hydrogen-bond donors (Lipinski definition) is 2. The molecule has 340 valence electrons. The SMILES string of the molecule is C[C@H]1C[C@@H]2[C@](c3cc(Oc4ncc(F)cc4F)ccc3F)(CO1)N=C(N)C(C)(C)S2(=O)=O.[C-]#[N+]c1ccnc(Oc2ccc(F)c([C@]34CO[C@@H](C)C[C@H]3S(=O)(=O)C(C)(C)C(N)=N4)c2)c1. The van der Waals surface area contributed by atoms with Crippen LogP contribution >= 0.6 is 0 Å². The molecule has 64 heavy (non-hydrogen) atoms. The van der Waals surface area contributed by atoms with Crippen molar-refractivity contribution in [2.24, 2.45) is 21.5 Å². The van der Waals surface area contributed by atoms with Gasteiger partial charge in [0.05, 0.1) is 48.7 Å². The average molecular weight is 928 g/mol. The minimum Gasteiger partial charge on any atom is -0.440 e. The summed E-state index contributed by atoms with van der Waals surface area (Å²) in [6.07, 6.45) is 1.71. The van der Waals surface area contributed by atoms with Crippen LogP contribution in [0, 0.1) is 29.8 Å². The molecule has 4 aliphatic heterocycles. The highest BCUT2D eigenvalue weighted by atomic mass is 32.2. The van der Waals surface area contributed by atoms with Crippen molar-refractivity contribution < 1.29 is 53.3 Å². The number of pyridine rings is 2. The zero-order valence-corrected chi connectivity index (χ0v) is 37.1. The van der Waals surface area contributed by atoms with E-state index in [1.165, 1.54) is 76.4 Å². The van der Waals surface area contributed by atoms with Crippen LogP contribution in [0.5, 0.6) is 23.3 Å². The fourth-order valence-electron chi connectivity index (χ4n) is 8.19. The van der Waals surface area contributed by atoms with Gasteiger partial charge >= 0.3 is 0 Å². The van der Waals surface area contributed by atoms with Gasteiger partial charge < -0.3 is 30.4 Å². The summed E-state index contributed by atoms with van der Waals surface area (Å²) in [5.74, 6) is -3.77. The lowest BCUT2D eigenvalue weighted by Crippen LogP contribution is -2.64. The standard InChI is InChI=1S/C22H23FN4O4S.C21H22F3N3O4S/c1-13-9-18-22(12-30-13,27-20(24)21(2,3)32(18,28)29)16-11-15(5-6-17(16)23)31-19-10-14(25-4)7-8-26-19;1-11-6-17-21(10-30-11,27-19(25)20(2,3)32(17,28)29)14-8-13(4-5-15(14)23)31-18-16(24)7-12(22)9-26-18/h5-8,10-11,13,18H,9,12H2,1-3H3,(H2,24,27);4-5,7-9,11,17H,6,10H2,1-3H3,(H2,25,27)/t13-,18+,22+;11-,17+,21+/m00/s1. The zero-order valence-electron chi connectivity index (χ0n) is 35.5. The topological polar surface area (TPSA) is 212 Å². The monoisotopic (exact) mass is 927 g/mol. The van der Waals surface area contributed by atoms with E-state index in [4.69, 9.17) is 37.0 Å². The van der Waals surface area contributed by atoms with Crippen molar-refractivity contribution in [3.8, 4) is 23.3 Å². The van der Waals surface area contributed by atoms with E-state index >= 15 is 8.78 Å². The first-order chi connectivity index (χ1) is 29.9. The van der Waals surface area contributed by atoms with Gasteiger partial charge in [-0.2, -0.15) is 0 Å². The molecular formula is C43H45F4N7O8S2. The van der Waals surface area contributed by atoms with E-state index in [1.54, 1.807) is 13.8 Å². The van der Waals surface area contributed by atoms with Gasteiger partial charge in [-0.05, 0) is 96.8 Å². The van der Waals surface area contributed by atoms with Gasteiger partial charge in [0.25, 0.3) is 5.88 Å². The summed E-state index contributed by atoms with van der Waals surface area (Å²) in [6, 6.07) is 11.1. The number of nitrogens with two attached hydrogens (primary N) is 2. The Labute approximate surface area is 367 Å². The molecule has 0 aliphatic carbocycles. The third kappa shape index (κ3) is 7.73. The highest BCUT2D eigenvalue weighted by Gasteiger charge is 2.62. The number of aliphatic imine (C=N–C) groups is 2. The number of rotatable bonds is 6. The molecule has 0 radical (unpaired) electrons. The van der Waals surface area contributed by atoms with E-state index in [-0.39, 0.29) is 72.3 Å². The number of nitrogens with zero attached hydrogens (tertiary/aromatic N) is 5. The fraction of sp³-hybridized carbons (Fsp3) is 0.419. The van der Waals surface area contributed by atoms with Gasteiger partial charge in [-0.15, -0.1) is 0 Å². The molecule has 8 rings (SSSR count). The van der Waals surface area contributed by atoms with Gasteiger partial charge in [0, 0.05) is 29.5 Å². The third-order valence-electron chi connectivity index (χ3n) is 12.2. The predicted octanol–water partition coefficient (Wildman–Crippen LogP) is 6.73. The summed E-state index contributed by atoms with van der Waals surface area (Å²) < 4.78 is 131. The lowest BCUT2D eigenvalue weighted by atomic mass is 9.82. The van der Waals surface area contributed by atoms with Crippen LogP contribution < -0.4 is 20.9 Å². The van der Waals surface area contributed by atoms with Crippen LogP contribution in [-0.4, -0.2) is 83.9 Å². The number of hydrogen-bond acceptors (Lipinski definition) is 14. The molecule has 4 N–H and O–H groups in total. The second-order valence-corrected chi connectivity index (χ2v) is 22.4. The normalized spacial score (nSPS) is 28.3. The van der Waals surface area contributed by atoms with Crippen molar-refractivity contribution in [3.63, 3.8) is 0 Å². The maximum absolute atomic E-state index is 15.2. The number of sulfone groups is 2. The Bertz CT molecular complexity index is 2860. The number of halogens is 4. The first kappa shape index (κ1) is 46.3. The molecule has 6 atom stereocenters. The minimum absolute atomic E-state index is 0.0234. The summed E-state index contributed by atoms with van der Waals surface area (Å²) in [5, 5.41) is -2.12. The molecule has 0 unspecified atom stereocenters. The van der Waals surface area contributed by atoms with Crippen molar-refractivity contribution in [1.29, 1.82) is 0 Å². The van der Waals surface area contributed by atoms with E-state index in [1.807, 2.05) is 0 Å². The van der Waals surface area contributed by atoms with Gasteiger partial charge in [-0.25, -0.2) is 49.2 Å². The van der Waals surface area contributed by atoms with Crippen LogP contribution in [0.4, 0.5) is 23.2 Å². The molecule has 2 fully saturated rings. The van der Waals surface area contributed by atoms with Crippen molar-refractivity contribution >= 4 is 37.0 Å². The maximum Gasteiger partial charge on any atom is 0.256 e. The van der Waals surface area contributed by atoms with Crippen LogP contribution in [0.15, 0.2) is 77.0 Å². The number of ether oxygens (including phenoxy) is 4. The quantitative estimate of drug-likeness (QED) is 0.152. The van der Waals surface area contributed by atoms with Crippen LogP contribution in [0.3, 0.4) is 0 Å². The largest absolute Gasteiger partial charge is 0.440 e. The number of fused-ring (bicyclic) bond motifs is 2. The molecule has 15 nitrogen and oxygen atoms in total. The van der Waals surface area contributed by atoms with Crippen molar-refractivity contribution in [3.05, 3.63) is 113 Å². The van der Waals surface area contributed by atoms with E-state index in [0.717, 1.165) is 12.3 Å². The Morgan fingerprint density at radius 1 is 0.703 bits per heavy atom. The van der Waals surface area contributed by atoms with Gasteiger partial charge in [0.2, 0.25) is 5.88 Å². The number of aromatic nitrogens is 2. The summed E-state index contributed by atoms with van der Waals surface area (Å²) in [4.78, 5) is 20.0. The van der Waals surface area contributed by atoms with Gasteiger partial charge in [0.1, 0.15) is 61.2 Å². The van der Waals surface area contributed by atoms with Crippen molar-refractivity contribution in [2.75, 3.05) is 13.2 Å². The van der Waals surface area contributed by atoms with Crippen LogP contribution in [0.2, 0.25) is 0 Å². The molecule has 2 saturated heterocycles. The molecule has 0 bridgehead atoms. The highest BCUT2D eigenvalue weighted by Crippen LogP contribution is 2.50. The molecule has 6 heterocycles. The van der Waals surface area contributed by atoms with Crippen LogP contribution in [-0.2, 0) is 40.2 Å². The van der Waals surface area contributed by atoms with E-state index in [9.17, 15) is 25.6 Å². The molecule has 4 aromatic rings. The Balaban J connectivity index is 0.000000191. The Kier molecular flexibility index (Phi) is 11.9. The van der Waals surface area contributed by atoms with Gasteiger partial charge in [-0.1, -0.05) is 0 Å². The van der Waals surface area contributed by atoms with Crippen LogP contribution in [0.25, 0.3) is 4.85 Å². The van der Waals surface area contributed by atoms with Crippen LogP contribution in [0.1, 0.15) is 65.5 Å². The minimum atomic E-state index is -3.91. The first-order valence-corrected chi connectivity index (χ1v) is 23.0. The lowest BCUT2D eigenvalue weighted by molar-refractivity contribution is -0.0181. The summed E-state index contributed by atoms with van der Waals surface area (Å²) >= 11 is 0.